The van der Waals surface area contributed by atoms with E-state index in [9.17, 15) is 8.78 Å². The molecule has 0 aliphatic heterocycles. The van der Waals surface area contributed by atoms with Gasteiger partial charge in [-0.25, -0.2) is 8.78 Å². The van der Waals surface area contributed by atoms with E-state index in [4.69, 9.17) is 9.15 Å². The van der Waals surface area contributed by atoms with Crippen molar-refractivity contribution in [1.82, 2.24) is 5.32 Å². The second kappa shape index (κ2) is 6.26. The van der Waals surface area contributed by atoms with Crippen molar-refractivity contribution in [3.63, 3.8) is 0 Å². The van der Waals surface area contributed by atoms with E-state index in [0.29, 0.717) is 12.3 Å². The summed E-state index contributed by atoms with van der Waals surface area (Å²) in [6.07, 6.45) is 0. The van der Waals surface area contributed by atoms with Gasteiger partial charge in [0.15, 0.2) is 11.6 Å². The van der Waals surface area contributed by atoms with Crippen molar-refractivity contribution in [2.45, 2.75) is 39.5 Å². The van der Waals surface area contributed by atoms with E-state index < -0.39 is 11.6 Å². The molecule has 1 N–H and O–H groups in total. The molecule has 0 saturated heterocycles. The van der Waals surface area contributed by atoms with Crippen molar-refractivity contribution < 1.29 is 17.9 Å². The van der Waals surface area contributed by atoms with Gasteiger partial charge in [0.2, 0.25) is 0 Å². The van der Waals surface area contributed by atoms with Gasteiger partial charge in [-0.05, 0) is 45.0 Å². The molecular weight excluding hydrogens is 276 g/mol. The van der Waals surface area contributed by atoms with Crippen LogP contribution < -0.4 is 10.1 Å². The molecule has 0 aliphatic carbocycles. The number of halogens is 2. The molecule has 1 heterocycles. The Morgan fingerprint density at radius 3 is 2.52 bits per heavy atom. The highest BCUT2D eigenvalue weighted by molar-refractivity contribution is 5.25. The van der Waals surface area contributed by atoms with E-state index in [1.807, 2.05) is 6.07 Å². The summed E-state index contributed by atoms with van der Waals surface area (Å²) >= 11 is 0. The van der Waals surface area contributed by atoms with Crippen molar-refractivity contribution in [3.05, 3.63) is 53.5 Å². The average molecular weight is 295 g/mol. The number of hydrogen-bond acceptors (Lipinski definition) is 3. The highest BCUT2D eigenvalue weighted by atomic mass is 19.1. The molecule has 0 aliphatic rings. The summed E-state index contributed by atoms with van der Waals surface area (Å²) in [5.74, 6) is 0.0619. The first-order valence-corrected chi connectivity index (χ1v) is 6.74. The monoisotopic (exact) mass is 295 g/mol. The van der Waals surface area contributed by atoms with Crippen LogP contribution in [0.3, 0.4) is 0 Å². The van der Waals surface area contributed by atoms with Gasteiger partial charge in [0, 0.05) is 11.6 Å². The molecule has 0 radical (unpaired) electrons. The fraction of sp³-hybridized carbons (Fsp3) is 0.375. The SMILES string of the molecule is CC(C)(C)NCc1ccc(COc2cc(F)ccc2F)o1. The van der Waals surface area contributed by atoms with Gasteiger partial charge in [-0.2, -0.15) is 0 Å². The molecule has 2 rings (SSSR count). The van der Waals surface area contributed by atoms with Gasteiger partial charge < -0.3 is 14.5 Å². The second-order valence-electron chi connectivity index (χ2n) is 5.83. The van der Waals surface area contributed by atoms with E-state index in [1.54, 1.807) is 6.07 Å². The minimum Gasteiger partial charge on any atom is -0.482 e. The summed E-state index contributed by atoms with van der Waals surface area (Å²) in [6, 6.07) is 6.69. The molecule has 5 heteroatoms. The fourth-order valence-electron chi connectivity index (χ4n) is 1.68. The Bertz CT molecular complexity index is 603. The lowest BCUT2D eigenvalue weighted by Crippen LogP contribution is -2.34. The molecule has 0 fully saturated rings. The number of nitrogens with one attached hydrogen (secondary N) is 1. The summed E-state index contributed by atoms with van der Waals surface area (Å²) in [5, 5.41) is 3.30. The zero-order valence-electron chi connectivity index (χ0n) is 12.4. The van der Waals surface area contributed by atoms with Gasteiger partial charge in [-0.1, -0.05) is 0 Å². The van der Waals surface area contributed by atoms with Gasteiger partial charge in [0.05, 0.1) is 6.54 Å². The van der Waals surface area contributed by atoms with E-state index >= 15 is 0 Å². The third-order valence-corrected chi connectivity index (χ3v) is 2.77. The summed E-state index contributed by atoms with van der Waals surface area (Å²) in [4.78, 5) is 0. The summed E-state index contributed by atoms with van der Waals surface area (Å²) < 4.78 is 37.2. The molecule has 0 amide bonds. The maximum absolute atomic E-state index is 13.4. The van der Waals surface area contributed by atoms with Gasteiger partial charge >= 0.3 is 0 Å². The van der Waals surface area contributed by atoms with Crippen LogP contribution in [0.15, 0.2) is 34.7 Å². The first kappa shape index (κ1) is 15.5. The maximum atomic E-state index is 13.4. The van der Waals surface area contributed by atoms with Crippen molar-refractivity contribution >= 4 is 0 Å². The zero-order valence-corrected chi connectivity index (χ0v) is 12.4. The Morgan fingerprint density at radius 2 is 1.81 bits per heavy atom. The van der Waals surface area contributed by atoms with Crippen molar-refractivity contribution in [1.29, 1.82) is 0 Å². The Balaban J connectivity index is 1.92. The molecule has 2 aromatic rings. The summed E-state index contributed by atoms with van der Waals surface area (Å²) in [6.45, 7) is 6.83. The maximum Gasteiger partial charge on any atom is 0.165 e. The van der Waals surface area contributed by atoms with Crippen LogP contribution in [0, 0.1) is 11.6 Å². The number of benzene rings is 1. The van der Waals surface area contributed by atoms with Crippen LogP contribution in [0.4, 0.5) is 8.78 Å². The summed E-state index contributed by atoms with van der Waals surface area (Å²) in [7, 11) is 0. The molecule has 0 bridgehead atoms. The fourth-order valence-corrected chi connectivity index (χ4v) is 1.68. The topological polar surface area (TPSA) is 34.4 Å². The van der Waals surface area contributed by atoms with E-state index in [2.05, 4.69) is 26.1 Å². The number of ether oxygens (including phenoxy) is 1. The summed E-state index contributed by atoms with van der Waals surface area (Å²) in [5.41, 5.74) is -0.00581. The van der Waals surface area contributed by atoms with Gasteiger partial charge in [-0.3, -0.25) is 0 Å². The Hall–Kier alpha value is -1.88. The van der Waals surface area contributed by atoms with E-state index in [-0.39, 0.29) is 17.9 Å². The van der Waals surface area contributed by atoms with Gasteiger partial charge in [0.1, 0.15) is 23.9 Å². The Morgan fingerprint density at radius 1 is 1.10 bits per heavy atom. The predicted molar refractivity (Wildman–Crippen MR) is 76.0 cm³/mol. The normalized spacial score (nSPS) is 11.7. The lowest BCUT2D eigenvalue weighted by Gasteiger charge is -2.19. The number of hydrogen-bond donors (Lipinski definition) is 1. The lowest BCUT2D eigenvalue weighted by molar-refractivity contribution is 0.251. The van der Waals surface area contributed by atoms with E-state index in [1.165, 1.54) is 0 Å². The van der Waals surface area contributed by atoms with Gasteiger partial charge in [0.25, 0.3) is 0 Å². The van der Waals surface area contributed by atoms with Crippen LogP contribution >= 0.6 is 0 Å². The molecule has 0 atom stereocenters. The first-order valence-electron chi connectivity index (χ1n) is 6.74. The van der Waals surface area contributed by atoms with Crippen LogP contribution in [-0.4, -0.2) is 5.54 Å². The second-order valence-corrected chi connectivity index (χ2v) is 5.83. The first-order chi connectivity index (χ1) is 9.83. The lowest BCUT2D eigenvalue weighted by atomic mass is 10.1. The zero-order chi connectivity index (χ0) is 15.5. The molecule has 3 nitrogen and oxygen atoms in total. The van der Waals surface area contributed by atoms with Gasteiger partial charge in [-0.15, -0.1) is 0 Å². The average Bonchev–Trinajstić information content (AvgIpc) is 2.85. The predicted octanol–water partition coefficient (Wildman–Crippen LogP) is 4.02. The highest BCUT2D eigenvalue weighted by Crippen LogP contribution is 2.20. The molecule has 1 aromatic heterocycles. The van der Waals surface area contributed by atoms with Crippen LogP contribution in [0.5, 0.6) is 5.75 Å². The Kier molecular flexibility index (Phi) is 4.63. The molecule has 0 spiro atoms. The molecule has 1 aromatic carbocycles. The third-order valence-electron chi connectivity index (χ3n) is 2.77. The molecule has 0 unspecified atom stereocenters. The smallest absolute Gasteiger partial charge is 0.165 e. The number of furan rings is 1. The minimum atomic E-state index is -0.599. The van der Waals surface area contributed by atoms with Crippen LogP contribution in [0.2, 0.25) is 0 Å². The van der Waals surface area contributed by atoms with Crippen LogP contribution in [0.25, 0.3) is 0 Å². The third kappa shape index (κ3) is 4.86. The van der Waals surface area contributed by atoms with E-state index in [0.717, 1.165) is 24.0 Å². The largest absolute Gasteiger partial charge is 0.482 e. The van der Waals surface area contributed by atoms with Crippen molar-refractivity contribution in [2.75, 3.05) is 0 Å². The minimum absolute atomic E-state index is 0.00581. The molecular formula is C16H19F2NO2. The van der Waals surface area contributed by atoms with Crippen molar-refractivity contribution in [2.24, 2.45) is 0 Å². The highest BCUT2D eigenvalue weighted by Gasteiger charge is 2.11. The number of rotatable bonds is 5. The van der Waals surface area contributed by atoms with Crippen molar-refractivity contribution in [3.8, 4) is 5.75 Å². The Labute approximate surface area is 122 Å². The molecule has 114 valence electrons. The molecule has 0 saturated carbocycles. The molecule has 21 heavy (non-hydrogen) atoms. The quantitative estimate of drug-likeness (QED) is 0.904. The van der Waals surface area contributed by atoms with Crippen LogP contribution in [-0.2, 0) is 13.2 Å². The van der Waals surface area contributed by atoms with Crippen LogP contribution in [0.1, 0.15) is 32.3 Å². The standard InChI is InChI=1S/C16H19F2NO2/c1-16(2,3)19-9-12-5-6-13(21-12)10-20-15-8-11(17)4-7-14(15)18/h4-8,19H,9-10H2,1-3H3.